The van der Waals surface area contributed by atoms with Crippen LogP contribution < -0.4 is 5.32 Å². The maximum absolute atomic E-state index is 4.28. The standard InChI is InChI=1S/C14H18N2S/c1-10-4-6-13(7-5-10)8-15-11(2)14-12(3)16-9-17-14/h4-7,9,11,15H,8H2,1-3H3. The first-order chi connectivity index (χ1) is 8.16. The summed E-state index contributed by atoms with van der Waals surface area (Å²) in [5.74, 6) is 0. The van der Waals surface area contributed by atoms with Crippen molar-refractivity contribution in [3.8, 4) is 0 Å². The summed E-state index contributed by atoms with van der Waals surface area (Å²) < 4.78 is 0. The van der Waals surface area contributed by atoms with Crippen molar-refractivity contribution in [2.45, 2.75) is 33.4 Å². The van der Waals surface area contributed by atoms with E-state index in [1.54, 1.807) is 11.3 Å². The molecule has 3 heteroatoms. The third-order valence-electron chi connectivity index (χ3n) is 2.91. The molecule has 17 heavy (non-hydrogen) atoms. The molecule has 1 N–H and O–H groups in total. The summed E-state index contributed by atoms with van der Waals surface area (Å²) >= 11 is 1.72. The van der Waals surface area contributed by atoms with Crippen LogP contribution in [0.2, 0.25) is 0 Å². The Hall–Kier alpha value is -1.19. The van der Waals surface area contributed by atoms with E-state index >= 15 is 0 Å². The number of hydrogen-bond acceptors (Lipinski definition) is 3. The largest absolute Gasteiger partial charge is 0.305 e. The Morgan fingerprint density at radius 2 is 1.94 bits per heavy atom. The van der Waals surface area contributed by atoms with Crippen molar-refractivity contribution in [3.05, 3.63) is 51.5 Å². The van der Waals surface area contributed by atoms with E-state index in [0.717, 1.165) is 12.2 Å². The van der Waals surface area contributed by atoms with E-state index in [-0.39, 0.29) is 0 Å². The molecule has 0 spiro atoms. The summed E-state index contributed by atoms with van der Waals surface area (Å²) in [5.41, 5.74) is 5.68. The van der Waals surface area contributed by atoms with Gasteiger partial charge in [-0.1, -0.05) is 29.8 Å². The van der Waals surface area contributed by atoms with Crippen LogP contribution in [0.1, 0.15) is 34.7 Å². The highest BCUT2D eigenvalue weighted by atomic mass is 32.1. The lowest BCUT2D eigenvalue weighted by atomic mass is 10.1. The monoisotopic (exact) mass is 246 g/mol. The topological polar surface area (TPSA) is 24.9 Å². The number of nitrogens with zero attached hydrogens (tertiary/aromatic N) is 1. The average Bonchev–Trinajstić information content (AvgIpc) is 2.74. The maximum atomic E-state index is 4.28. The van der Waals surface area contributed by atoms with E-state index < -0.39 is 0 Å². The van der Waals surface area contributed by atoms with Crippen molar-refractivity contribution in [2.75, 3.05) is 0 Å². The van der Waals surface area contributed by atoms with Crippen molar-refractivity contribution in [3.63, 3.8) is 0 Å². The molecule has 0 fully saturated rings. The van der Waals surface area contributed by atoms with Gasteiger partial charge in [0.05, 0.1) is 11.2 Å². The van der Waals surface area contributed by atoms with Gasteiger partial charge in [0.1, 0.15) is 0 Å². The first-order valence-electron chi connectivity index (χ1n) is 5.85. The highest BCUT2D eigenvalue weighted by Crippen LogP contribution is 2.21. The second-order valence-electron chi connectivity index (χ2n) is 4.39. The zero-order valence-electron chi connectivity index (χ0n) is 10.5. The number of rotatable bonds is 4. The highest BCUT2D eigenvalue weighted by Gasteiger charge is 2.09. The van der Waals surface area contributed by atoms with Gasteiger partial charge < -0.3 is 5.32 Å². The number of nitrogens with one attached hydrogen (secondary N) is 1. The molecule has 1 aromatic heterocycles. The van der Waals surface area contributed by atoms with Crippen molar-refractivity contribution in [1.29, 1.82) is 0 Å². The second-order valence-corrected chi connectivity index (χ2v) is 5.28. The van der Waals surface area contributed by atoms with Crippen LogP contribution in [0.25, 0.3) is 0 Å². The first kappa shape index (κ1) is 12.3. The molecule has 0 bridgehead atoms. The second kappa shape index (κ2) is 5.43. The molecule has 90 valence electrons. The fourth-order valence-electron chi connectivity index (χ4n) is 1.80. The van der Waals surface area contributed by atoms with Gasteiger partial charge in [-0.25, -0.2) is 4.98 Å². The molecule has 0 amide bonds. The van der Waals surface area contributed by atoms with Gasteiger partial charge in [0, 0.05) is 17.5 Å². The molecule has 1 atom stereocenters. The minimum absolute atomic E-state index is 0.365. The Bertz CT molecular complexity index is 473. The van der Waals surface area contributed by atoms with Gasteiger partial charge in [-0.05, 0) is 26.3 Å². The van der Waals surface area contributed by atoms with E-state index in [4.69, 9.17) is 0 Å². The predicted molar refractivity (Wildman–Crippen MR) is 73.3 cm³/mol. The number of aromatic nitrogens is 1. The van der Waals surface area contributed by atoms with E-state index in [2.05, 4.69) is 55.3 Å². The molecular weight excluding hydrogens is 228 g/mol. The van der Waals surface area contributed by atoms with Gasteiger partial charge >= 0.3 is 0 Å². The lowest BCUT2D eigenvalue weighted by Crippen LogP contribution is -2.17. The minimum atomic E-state index is 0.365. The molecule has 2 aromatic rings. The quantitative estimate of drug-likeness (QED) is 0.891. The highest BCUT2D eigenvalue weighted by molar-refractivity contribution is 7.09. The van der Waals surface area contributed by atoms with Crippen molar-refractivity contribution in [2.24, 2.45) is 0 Å². The van der Waals surface area contributed by atoms with Crippen LogP contribution in [0.5, 0.6) is 0 Å². The Morgan fingerprint density at radius 3 is 2.53 bits per heavy atom. The third-order valence-corrected chi connectivity index (χ3v) is 4.02. The molecule has 1 aromatic carbocycles. The molecule has 0 aliphatic rings. The van der Waals surface area contributed by atoms with Gasteiger partial charge in [-0.3, -0.25) is 0 Å². The molecule has 0 aliphatic heterocycles. The number of benzene rings is 1. The Balaban J connectivity index is 1.94. The summed E-state index contributed by atoms with van der Waals surface area (Å²) in [6.07, 6.45) is 0. The summed E-state index contributed by atoms with van der Waals surface area (Å²) in [7, 11) is 0. The molecule has 2 nitrogen and oxygen atoms in total. The molecule has 0 aliphatic carbocycles. The molecule has 0 radical (unpaired) electrons. The molecule has 0 saturated heterocycles. The van der Waals surface area contributed by atoms with Crippen LogP contribution in [-0.4, -0.2) is 4.98 Å². The fourth-order valence-corrected chi connectivity index (χ4v) is 2.63. The summed E-state index contributed by atoms with van der Waals surface area (Å²) in [5, 5.41) is 3.53. The molecule has 0 saturated carbocycles. The third kappa shape index (κ3) is 3.14. The maximum Gasteiger partial charge on any atom is 0.0798 e. The molecular formula is C14H18N2S. The minimum Gasteiger partial charge on any atom is -0.305 e. The number of aryl methyl sites for hydroxylation is 2. The summed E-state index contributed by atoms with van der Waals surface area (Å²) in [6.45, 7) is 7.27. The van der Waals surface area contributed by atoms with Gasteiger partial charge in [0.25, 0.3) is 0 Å². The van der Waals surface area contributed by atoms with Crippen LogP contribution in [0.15, 0.2) is 29.8 Å². The molecule has 1 heterocycles. The lowest BCUT2D eigenvalue weighted by Gasteiger charge is -2.13. The molecule has 2 rings (SSSR count). The Kier molecular flexibility index (Phi) is 3.92. The molecule has 1 unspecified atom stereocenters. The smallest absolute Gasteiger partial charge is 0.0798 e. The van der Waals surface area contributed by atoms with E-state index in [1.165, 1.54) is 16.0 Å². The van der Waals surface area contributed by atoms with Crippen molar-refractivity contribution in [1.82, 2.24) is 10.3 Å². The van der Waals surface area contributed by atoms with Gasteiger partial charge in [0.2, 0.25) is 0 Å². The number of hydrogen-bond donors (Lipinski definition) is 1. The van der Waals surface area contributed by atoms with Crippen LogP contribution in [0.3, 0.4) is 0 Å². The van der Waals surface area contributed by atoms with Gasteiger partial charge in [-0.15, -0.1) is 11.3 Å². The Labute approximate surface area is 107 Å². The normalized spacial score (nSPS) is 12.6. The van der Waals surface area contributed by atoms with Crippen molar-refractivity contribution < 1.29 is 0 Å². The summed E-state index contributed by atoms with van der Waals surface area (Å²) in [6, 6.07) is 9.02. The lowest BCUT2D eigenvalue weighted by molar-refractivity contribution is 0.579. The zero-order chi connectivity index (χ0) is 12.3. The van der Waals surface area contributed by atoms with Crippen molar-refractivity contribution >= 4 is 11.3 Å². The Morgan fingerprint density at radius 1 is 1.24 bits per heavy atom. The van der Waals surface area contributed by atoms with Gasteiger partial charge in [-0.2, -0.15) is 0 Å². The number of thiazole rings is 1. The fraction of sp³-hybridized carbons (Fsp3) is 0.357. The van der Waals surface area contributed by atoms with Gasteiger partial charge in [0.15, 0.2) is 0 Å². The average molecular weight is 246 g/mol. The van der Waals surface area contributed by atoms with Crippen LogP contribution in [0, 0.1) is 13.8 Å². The van der Waals surface area contributed by atoms with Crippen LogP contribution in [0.4, 0.5) is 0 Å². The van der Waals surface area contributed by atoms with Crippen LogP contribution in [-0.2, 0) is 6.54 Å². The zero-order valence-corrected chi connectivity index (χ0v) is 11.3. The van der Waals surface area contributed by atoms with E-state index in [9.17, 15) is 0 Å². The summed E-state index contributed by atoms with van der Waals surface area (Å²) in [4.78, 5) is 5.61. The van der Waals surface area contributed by atoms with E-state index in [0.29, 0.717) is 6.04 Å². The van der Waals surface area contributed by atoms with E-state index in [1.807, 2.05) is 5.51 Å². The SMILES string of the molecule is Cc1ccc(CNC(C)c2scnc2C)cc1. The first-order valence-corrected chi connectivity index (χ1v) is 6.73. The van der Waals surface area contributed by atoms with Crippen LogP contribution >= 0.6 is 11.3 Å². The predicted octanol–water partition coefficient (Wildman–Crippen LogP) is 3.61.